The number of hydrogen-bond acceptors (Lipinski definition) is 2. The van der Waals surface area contributed by atoms with Gasteiger partial charge >= 0.3 is 5.97 Å². The fraction of sp³-hybridized carbons (Fsp3) is 0.158. The number of nitrogens with zero attached hydrogens (tertiary/aromatic N) is 2. The number of benzene rings is 2. The predicted molar refractivity (Wildman–Crippen MR) is 89.6 cm³/mol. The van der Waals surface area contributed by atoms with Crippen LogP contribution in [-0.4, -0.2) is 20.6 Å². The van der Waals surface area contributed by atoms with Crippen LogP contribution in [0.1, 0.15) is 34.6 Å². The maximum absolute atomic E-state index is 11.6. The number of imidazole rings is 1. The van der Waals surface area contributed by atoms with Crippen LogP contribution in [0.15, 0.2) is 60.9 Å². The van der Waals surface area contributed by atoms with E-state index in [0.29, 0.717) is 5.69 Å². The third kappa shape index (κ3) is 2.75. The molecule has 0 spiro atoms. The normalized spacial score (nSPS) is 12.1. The highest BCUT2D eigenvalue weighted by atomic mass is 16.4. The zero-order valence-electron chi connectivity index (χ0n) is 13.1. The summed E-state index contributed by atoms with van der Waals surface area (Å²) < 4.78 is 1.93. The summed E-state index contributed by atoms with van der Waals surface area (Å²) in [5, 5.41) is 9.51. The SMILES string of the molecule is Cc1ccccc1-c1c(C(=O)O)ncn1[C@H](C)c1ccccc1. The molecule has 1 N–H and O–H groups in total. The predicted octanol–water partition coefficient (Wildman–Crippen LogP) is 4.17. The Morgan fingerprint density at radius 1 is 1.09 bits per heavy atom. The van der Waals surface area contributed by atoms with Crippen molar-refractivity contribution in [1.29, 1.82) is 0 Å². The van der Waals surface area contributed by atoms with E-state index >= 15 is 0 Å². The standard InChI is InChI=1S/C19H18N2O2/c1-13-8-6-7-11-16(13)18-17(19(22)23)20-12-21(18)14(2)15-9-4-3-5-10-15/h3-12,14H,1-2H3,(H,22,23)/t14-/m1/s1. The summed E-state index contributed by atoms with van der Waals surface area (Å²) in [5.41, 5.74) is 3.76. The zero-order valence-corrected chi connectivity index (χ0v) is 13.1. The van der Waals surface area contributed by atoms with Gasteiger partial charge in [0.05, 0.1) is 18.1 Å². The minimum atomic E-state index is -1.01. The van der Waals surface area contributed by atoms with Crippen LogP contribution >= 0.6 is 0 Å². The molecule has 116 valence electrons. The Morgan fingerprint density at radius 3 is 2.39 bits per heavy atom. The van der Waals surface area contributed by atoms with Gasteiger partial charge in [0.25, 0.3) is 0 Å². The molecule has 0 aliphatic heterocycles. The first kappa shape index (κ1) is 15.0. The van der Waals surface area contributed by atoms with Gasteiger partial charge in [0.1, 0.15) is 0 Å². The van der Waals surface area contributed by atoms with Crippen molar-refractivity contribution in [3.63, 3.8) is 0 Å². The van der Waals surface area contributed by atoms with Crippen LogP contribution in [0.5, 0.6) is 0 Å². The van der Waals surface area contributed by atoms with Crippen LogP contribution in [0.25, 0.3) is 11.3 Å². The van der Waals surface area contributed by atoms with Gasteiger partial charge in [0.2, 0.25) is 0 Å². The molecule has 0 aliphatic carbocycles. The monoisotopic (exact) mass is 306 g/mol. The number of aryl methyl sites for hydroxylation is 1. The van der Waals surface area contributed by atoms with Crippen LogP contribution in [0, 0.1) is 6.92 Å². The molecule has 1 heterocycles. The molecule has 4 heteroatoms. The second-order valence-electron chi connectivity index (χ2n) is 5.56. The molecule has 4 nitrogen and oxygen atoms in total. The molecule has 0 fully saturated rings. The van der Waals surface area contributed by atoms with Gasteiger partial charge < -0.3 is 9.67 Å². The molecule has 2 aromatic carbocycles. The molecule has 23 heavy (non-hydrogen) atoms. The van der Waals surface area contributed by atoms with Crippen LogP contribution in [0.3, 0.4) is 0 Å². The summed E-state index contributed by atoms with van der Waals surface area (Å²) in [6, 6.07) is 17.8. The molecule has 0 saturated heterocycles. The number of carboxylic acids is 1. The van der Waals surface area contributed by atoms with Gasteiger partial charge in [0, 0.05) is 5.56 Å². The maximum Gasteiger partial charge on any atom is 0.356 e. The Bertz CT molecular complexity index is 838. The molecule has 3 aromatic rings. The maximum atomic E-state index is 11.6. The van der Waals surface area contributed by atoms with Crippen molar-refractivity contribution in [2.75, 3.05) is 0 Å². The third-order valence-corrected chi connectivity index (χ3v) is 4.10. The van der Waals surface area contributed by atoms with Crippen molar-refractivity contribution in [2.24, 2.45) is 0 Å². The smallest absolute Gasteiger partial charge is 0.356 e. The van der Waals surface area contributed by atoms with E-state index in [0.717, 1.165) is 16.7 Å². The van der Waals surface area contributed by atoms with E-state index in [1.807, 2.05) is 73.0 Å². The second kappa shape index (κ2) is 6.08. The molecule has 0 amide bonds. The highest BCUT2D eigenvalue weighted by molar-refractivity contribution is 5.93. The molecule has 3 rings (SSSR count). The highest BCUT2D eigenvalue weighted by Gasteiger charge is 2.22. The topological polar surface area (TPSA) is 55.1 Å². The lowest BCUT2D eigenvalue weighted by Gasteiger charge is -2.18. The lowest BCUT2D eigenvalue weighted by Crippen LogP contribution is -2.09. The highest BCUT2D eigenvalue weighted by Crippen LogP contribution is 2.31. The number of aromatic carboxylic acids is 1. The zero-order chi connectivity index (χ0) is 16.4. The fourth-order valence-electron chi connectivity index (χ4n) is 2.81. The van der Waals surface area contributed by atoms with E-state index in [2.05, 4.69) is 4.98 Å². The van der Waals surface area contributed by atoms with E-state index in [1.165, 1.54) is 0 Å². The molecule has 0 unspecified atom stereocenters. The van der Waals surface area contributed by atoms with Crippen LogP contribution < -0.4 is 0 Å². The summed E-state index contributed by atoms with van der Waals surface area (Å²) in [5.74, 6) is -1.01. The van der Waals surface area contributed by atoms with E-state index in [9.17, 15) is 9.90 Å². The number of rotatable bonds is 4. The number of hydrogen-bond donors (Lipinski definition) is 1. The van der Waals surface area contributed by atoms with Crippen LogP contribution in [0.2, 0.25) is 0 Å². The average Bonchev–Trinajstić information content (AvgIpc) is 3.00. The van der Waals surface area contributed by atoms with E-state index < -0.39 is 5.97 Å². The first-order valence-electron chi connectivity index (χ1n) is 7.50. The first-order valence-corrected chi connectivity index (χ1v) is 7.50. The lowest BCUT2D eigenvalue weighted by atomic mass is 10.0. The Kier molecular flexibility index (Phi) is 3.98. The Labute approximate surface area is 135 Å². The Hall–Kier alpha value is -2.88. The number of carbonyl (C=O) groups is 1. The molecular formula is C19H18N2O2. The molecule has 0 saturated carbocycles. The van der Waals surface area contributed by atoms with Crippen molar-refractivity contribution in [1.82, 2.24) is 9.55 Å². The van der Waals surface area contributed by atoms with Gasteiger partial charge in [-0.1, -0.05) is 54.6 Å². The minimum absolute atomic E-state index is 0.00796. The minimum Gasteiger partial charge on any atom is -0.476 e. The van der Waals surface area contributed by atoms with Crippen LogP contribution in [-0.2, 0) is 0 Å². The lowest BCUT2D eigenvalue weighted by molar-refractivity contribution is 0.0692. The quantitative estimate of drug-likeness (QED) is 0.787. The van der Waals surface area contributed by atoms with Crippen molar-refractivity contribution in [3.05, 3.63) is 77.7 Å². The summed E-state index contributed by atoms with van der Waals surface area (Å²) in [6.07, 6.45) is 1.61. The molecule has 0 aliphatic rings. The van der Waals surface area contributed by atoms with Gasteiger partial charge in [-0.05, 0) is 25.0 Å². The summed E-state index contributed by atoms with van der Waals surface area (Å²) in [6.45, 7) is 4.02. The van der Waals surface area contributed by atoms with Crippen molar-refractivity contribution in [2.45, 2.75) is 19.9 Å². The summed E-state index contributed by atoms with van der Waals surface area (Å²) in [7, 11) is 0. The van der Waals surface area contributed by atoms with Gasteiger partial charge in [-0.25, -0.2) is 9.78 Å². The van der Waals surface area contributed by atoms with Gasteiger partial charge in [-0.3, -0.25) is 0 Å². The summed E-state index contributed by atoms with van der Waals surface area (Å²) in [4.78, 5) is 15.7. The fourth-order valence-corrected chi connectivity index (χ4v) is 2.81. The van der Waals surface area contributed by atoms with E-state index in [-0.39, 0.29) is 11.7 Å². The van der Waals surface area contributed by atoms with Crippen molar-refractivity contribution in [3.8, 4) is 11.3 Å². The number of carboxylic acid groups (broad SMARTS) is 1. The van der Waals surface area contributed by atoms with Crippen molar-refractivity contribution < 1.29 is 9.90 Å². The largest absolute Gasteiger partial charge is 0.476 e. The van der Waals surface area contributed by atoms with E-state index in [1.54, 1.807) is 6.33 Å². The van der Waals surface area contributed by atoms with Gasteiger partial charge in [-0.15, -0.1) is 0 Å². The molecule has 0 bridgehead atoms. The molecular weight excluding hydrogens is 288 g/mol. The van der Waals surface area contributed by atoms with E-state index in [4.69, 9.17) is 0 Å². The molecule has 1 aromatic heterocycles. The third-order valence-electron chi connectivity index (χ3n) is 4.10. The Morgan fingerprint density at radius 2 is 1.74 bits per heavy atom. The summed E-state index contributed by atoms with van der Waals surface area (Å²) >= 11 is 0. The number of aromatic nitrogens is 2. The van der Waals surface area contributed by atoms with Crippen molar-refractivity contribution >= 4 is 5.97 Å². The van der Waals surface area contributed by atoms with Gasteiger partial charge in [0.15, 0.2) is 5.69 Å². The average molecular weight is 306 g/mol. The molecule has 1 atom stereocenters. The van der Waals surface area contributed by atoms with Crippen LogP contribution in [0.4, 0.5) is 0 Å². The molecule has 0 radical (unpaired) electrons. The Balaban J connectivity index is 2.20. The second-order valence-corrected chi connectivity index (χ2v) is 5.56. The first-order chi connectivity index (χ1) is 11.1. The van der Waals surface area contributed by atoms with Gasteiger partial charge in [-0.2, -0.15) is 0 Å².